The maximum atomic E-state index is 6.31. The average molecular weight is 403 g/mol. The smallest absolute Gasteiger partial charge is 0.184 e. The fourth-order valence-electron chi connectivity index (χ4n) is 5.65. The van der Waals surface area contributed by atoms with Crippen LogP contribution in [0.1, 0.15) is 56.2 Å². The molecule has 30 heavy (non-hydrogen) atoms. The van der Waals surface area contributed by atoms with Crippen molar-refractivity contribution in [1.29, 1.82) is 0 Å². The Hall–Kier alpha value is -2.53. The number of rotatable bonds is 2. The first kappa shape index (κ1) is 19.4. The van der Waals surface area contributed by atoms with E-state index in [1.165, 1.54) is 11.1 Å². The molecule has 5 heteroatoms. The number of ether oxygens (including phenoxy) is 1. The van der Waals surface area contributed by atoms with E-state index in [4.69, 9.17) is 20.5 Å². The van der Waals surface area contributed by atoms with E-state index < -0.39 is 5.66 Å². The average Bonchev–Trinajstić information content (AvgIpc) is 3.18. The molecule has 0 radical (unpaired) electrons. The highest BCUT2D eigenvalue weighted by Gasteiger charge is 2.61. The molecule has 1 atom stereocenters. The van der Waals surface area contributed by atoms with E-state index >= 15 is 0 Å². The lowest BCUT2D eigenvalue weighted by Crippen LogP contribution is -2.46. The monoisotopic (exact) mass is 402 g/mol. The molecule has 1 fully saturated rings. The second-order valence-electron chi connectivity index (χ2n) is 9.60. The maximum Gasteiger partial charge on any atom is 0.184 e. The Balaban J connectivity index is 1.65. The summed E-state index contributed by atoms with van der Waals surface area (Å²) in [6.45, 7) is 6.28. The molecule has 5 rings (SSSR count). The number of nitrogens with zero attached hydrogens (tertiary/aromatic N) is 3. The number of pyridine rings is 1. The fraction of sp³-hybridized carbons (Fsp3) is 0.480. The Kier molecular flexibility index (Phi) is 4.20. The van der Waals surface area contributed by atoms with Gasteiger partial charge in [0.05, 0.1) is 11.3 Å². The topological polar surface area (TPSA) is 72.9 Å². The van der Waals surface area contributed by atoms with Gasteiger partial charge in [-0.05, 0) is 81.7 Å². The van der Waals surface area contributed by atoms with Gasteiger partial charge in [0.2, 0.25) is 0 Å². The van der Waals surface area contributed by atoms with Gasteiger partial charge in [0, 0.05) is 36.0 Å². The predicted octanol–water partition coefficient (Wildman–Crippen LogP) is 4.56. The van der Waals surface area contributed by atoms with Crippen molar-refractivity contribution in [3.8, 4) is 11.1 Å². The van der Waals surface area contributed by atoms with Gasteiger partial charge in [0.15, 0.2) is 5.66 Å². The lowest BCUT2D eigenvalue weighted by atomic mass is 9.63. The van der Waals surface area contributed by atoms with E-state index in [1.807, 2.05) is 26.4 Å². The summed E-state index contributed by atoms with van der Waals surface area (Å²) in [4.78, 5) is 14.6. The number of benzene rings is 1. The molecule has 1 saturated carbocycles. The number of nitrogens with two attached hydrogens (primary N) is 1. The van der Waals surface area contributed by atoms with Crippen LogP contribution in [0.4, 0.5) is 0 Å². The summed E-state index contributed by atoms with van der Waals surface area (Å²) in [7, 11) is 1.83. The highest BCUT2D eigenvalue weighted by Crippen LogP contribution is 2.63. The Morgan fingerprint density at radius 2 is 1.73 bits per heavy atom. The molecule has 2 aromatic rings. The number of methoxy groups -OCH3 is 1. The molecule has 1 aromatic heterocycles. The van der Waals surface area contributed by atoms with Crippen molar-refractivity contribution in [3.63, 3.8) is 0 Å². The van der Waals surface area contributed by atoms with Gasteiger partial charge in [0.25, 0.3) is 0 Å². The van der Waals surface area contributed by atoms with Crippen LogP contribution in [0.2, 0.25) is 0 Å². The van der Waals surface area contributed by atoms with E-state index in [0.717, 1.165) is 54.5 Å². The van der Waals surface area contributed by atoms with Gasteiger partial charge in [-0.25, -0.2) is 4.99 Å². The molecule has 5 nitrogen and oxygen atoms in total. The number of amidine groups is 1. The zero-order valence-corrected chi connectivity index (χ0v) is 18.3. The molecule has 2 N–H and O–H groups in total. The zero-order chi connectivity index (χ0) is 21.1. The van der Waals surface area contributed by atoms with Crippen LogP contribution in [0.3, 0.4) is 0 Å². The molecule has 1 aliphatic heterocycles. The molecule has 2 heterocycles. The number of aliphatic imine (C=N–C) groups is 2. The quantitative estimate of drug-likeness (QED) is 0.800. The molecule has 0 bridgehead atoms. The van der Waals surface area contributed by atoms with Crippen LogP contribution in [0, 0.1) is 12.3 Å². The molecule has 156 valence electrons. The molecule has 1 aromatic carbocycles. The minimum atomic E-state index is -0.612. The van der Waals surface area contributed by atoms with Gasteiger partial charge in [-0.15, -0.1) is 0 Å². The maximum absolute atomic E-state index is 6.31. The van der Waals surface area contributed by atoms with Crippen molar-refractivity contribution >= 4 is 11.5 Å². The number of hydrogen-bond donors (Lipinski definition) is 1. The van der Waals surface area contributed by atoms with Gasteiger partial charge >= 0.3 is 0 Å². The highest BCUT2D eigenvalue weighted by atomic mass is 16.5. The van der Waals surface area contributed by atoms with Crippen molar-refractivity contribution in [1.82, 2.24) is 4.98 Å². The van der Waals surface area contributed by atoms with Crippen LogP contribution in [0.5, 0.6) is 0 Å². The van der Waals surface area contributed by atoms with Gasteiger partial charge in [-0.1, -0.05) is 12.1 Å². The second kappa shape index (κ2) is 6.48. The van der Waals surface area contributed by atoms with Crippen molar-refractivity contribution in [2.45, 2.75) is 64.1 Å². The third-order valence-corrected chi connectivity index (χ3v) is 7.70. The van der Waals surface area contributed by atoms with Crippen LogP contribution >= 0.6 is 0 Å². The number of hydrogen-bond acceptors (Lipinski definition) is 5. The first-order valence-electron chi connectivity index (χ1n) is 10.8. The van der Waals surface area contributed by atoms with E-state index in [0.29, 0.717) is 5.84 Å². The van der Waals surface area contributed by atoms with E-state index in [1.54, 1.807) is 0 Å². The molecular weight excluding hydrogens is 372 g/mol. The van der Waals surface area contributed by atoms with E-state index in [2.05, 4.69) is 43.1 Å². The summed E-state index contributed by atoms with van der Waals surface area (Å²) in [6, 6.07) is 8.94. The van der Waals surface area contributed by atoms with Crippen LogP contribution in [-0.4, -0.2) is 29.2 Å². The second-order valence-corrected chi connectivity index (χ2v) is 9.60. The Labute approximate surface area is 178 Å². The zero-order valence-electron chi connectivity index (χ0n) is 18.3. The van der Waals surface area contributed by atoms with Crippen LogP contribution in [-0.2, 0) is 16.8 Å². The van der Waals surface area contributed by atoms with Crippen molar-refractivity contribution in [2.24, 2.45) is 21.1 Å². The molecule has 2 spiro atoms. The van der Waals surface area contributed by atoms with E-state index in [-0.39, 0.29) is 11.0 Å². The van der Waals surface area contributed by atoms with Gasteiger partial charge < -0.3 is 10.5 Å². The summed E-state index contributed by atoms with van der Waals surface area (Å²) in [5.41, 5.74) is 12.4. The minimum absolute atomic E-state index is 0.0424. The Morgan fingerprint density at radius 3 is 2.37 bits per heavy atom. The molecular formula is C25H30N4O. The number of fused-ring (bicyclic) bond motifs is 3. The minimum Gasteiger partial charge on any atom is -0.382 e. The lowest BCUT2D eigenvalue weighted by Gasteiger charge is -2.47. The molecule has 1 unspecified atom stereocenters. The summed E-state index contributed by atoms with van der Waals surface area (Å²) >= 11 is 0. The summed E-state index contributed by atoms with van der Waals surface area (Å²) in [6.07, 6.45) is 8.88. The third-order valence-electron chi connectivity index (χ3n) is 7.70. The van der Waals surface area contributed by atoms with Crippen molar-refractivity contribution in [3.05, 3.63) is 53.3 Å². The first-order chi connectivity index (χ1) is 14.3. The van der Waals surface area contributed by atoms with Crippen molar-refractivity contribution < 1.29 is 4.74 Å². The highest BCUT2D eigenvalue weighted by molar-refractivity contribution is 6.41. The van der Waals surface area contributed by atoms with E-state index in [9.17, 15) is 0 Å². The fourth-order valence-corrected chi connectivity index (χ4v) is 5.65. The predicted molar refractivity (Wildman–Crippen MR) is 121 cm³/mol. The van der Waals surface area contributed by atoms with Gasteiger partial charge in [0.1, 0.15) is 5.84 Å². The SMILES string of the molecule is COC1(C)CCC2(CC1)Cc1ccc(-c3cncc(C)c3)cc1C21N=C(C)C(N)=N1. The summed E-state index contributed by atoms with van der Waals surface area (Å²) in [5.74, 6) is 0.574. The standard InChI is InChI=1S/C25H30N4O/c1-16-11-20(15-27-14-16)18-5-6-19-13-24(9-7-23(3,30-4)8-10-24)25(21(19)12-18)28-17(2)22(26)29-25/h5-6,11-12,14-15H,7-10,13H2,1-4H3,(H2,26,29). The van der Waals surface area contributed by atoms with Crippen molar-refractivity contribution in [2.75, 3.05) is 7.11 Å². The van der Waals surface area contributed by atoms with Crippen LogP contribution in [0.15, 0.2) is 46.6 Å². The molecule has 3 aliphatic rings. The van der Waals surface area contributed by atoms with Gasteiger partial charge in [-0.2, -0.15) is 0 Å². The Morgan fingerprint density at radius 1 is 0.967 bits per heavy atom. The number of aryl methyl sites for hydroxylation is 1. The van der Waals surface area contributed by atoms with Crippen LogP contribution in [0.25, 0.3) is 11.1 Å². The number of aromatic nitrogens is 1. The largest absolute Gasteiger partial charge is 0.382 e. The third kappa shape index (κ3) is 2.68. The Bertz CT molecular complexity index is 1060. The molecule has 2 aliphatic carbocycles. The molecule has 0 saturated heterocycles. The lowest BCUT2D eigenvalue weighted by molar-refractivity contribution is -0.0679. The summed E-state index contributed by atoms with van der Waals surface area (Å²) in [5, 5.41) is 0. The van der Waals surface area contributed by atoms with Gasteiger partial charge in [-0.3, -0.25) is 9.98 Å². The first-order valence-corrected chi connectivity index (χ1v) is 10.8. The normalized spacial score (nSPS) is 32.4. The summed E-state index contributed by atoms with van der Waals surface area (Å²) < 4.78 is 5.84. The van der Waals surface area contributed by atoms with Crippen LogP contribution < -0.4 is 5.73 Å². The molecule has 0 amide bonds.